The number of aromatic nitrogens is 2. The van der Waals surface area contributed by atoms with Gasteiger partial charge in [-0.25, -0.2) is 4.79 Å². The molecule has 1 unspecified atom stereocenters. The van der Waals surface area contributed by atoms with Gasteiger partial charge in [0.1, 0.15) is 0 Å². The van der Waals surface area contributed by atoms with Crippen LogP contribution in [0.3, 0.4) is 0 Å². The summed E-state index contributed by atoms with van der Waals surface area (Å²) < 4.78 is 6.05. The van der Waals surface area contributed by atoms with E-state index in [0.717, 1.165) is 33.3 Å². The molecule has 2 heterocycles. The molecule has 5 heteroatoms. The zero-order chi connectivity index (χ0) is 16.0. The van der Waals surface area contributed by atoms with Gasteiger partial charge < -0.3 is 9.72 Å². The van der Waals surface area contributed by atoms with E-state index in [2.05, 4.69) is 9.97 Å². The Balaban J connectivity index is 1.83. The van der Waals surface area contributed by atoms with E-state index in [1.807, 2.05) is 43.3 Å². The quantitative estimate of drug-likeness (QED) is 0.742. The molecule has 0 aliphatic carbocycles. The molecule has 0 saturated carbocycles. The van der Waals surface area contributed by atoms with Gasteiger partial charge in [-0.15, -0.1) is 0 Å². The second-order valence-corrected chi connectivity index (χ2v) is 6.19. The Bertz CT molecular complexity index is 960. The Kier molecular flexibility index (Phi) is 3.43. The van der Waals surface area contributed by atoms with Crippen molar-refractivity contribution >= 4 is 22.4 Å². The molecular formula is C18H15ClN2O2. The van der Waals surface area contributed by atoms with E-state index >= 15 is 0 Å². The van der Waals surface area contributed by atoms with Gasteiger partial charge in [0.25, 0.3) is 0 Å². The van der Waals surface area contributed by atoms with E-state index in [0.29, 0.717) is 18.1 Å². The number of fused-ring (bicyclic) bond motifs is 2. The normalized spacial score (nSPS) is 17.2. The van der Waals surface area contributed by atoms with Crippen LogP contribution in [0.5, 0.6) is 0 Å². The van der Waals surface area contributed by atoms with Gasteiger partial charge in [-0.05, 0) is 23.9 Å². The number of hydrogen-bond acceptors (Lipinski definition) is 3. The first-order chi connectivity index (χ1) is 11.1. The molecule has 3 aromatic rings. The summed E-state index contributed by atoms with van der Waals surface area (Å²) in [5, 5.41) is 2.80. The molecule has 1 atom stereocenters. The van der Waals surface area contributed by atoms with Crippen LogP contribution in [0.4, 0.5) is 0 Å². The summed E-state index contributed by atoms with van der Waals surface area (Å²) in [6.07, 6.45) is 0.421. The van der Waals surface area contributed by atoms with Gasteiger partial charge in [0.15, 0.2) is 0 Å². The first kappa shape index (κ1) is 14.4. The highest BCUT2D eigenvalue weighted by Crippen LogP contribution is 2.36. The molecule has 1 aliphatic heterocycles. The highest BCUT2D eigenvalue weighted by molar-refractivity contribution is 6.35. The lowest BCUT2D eigenvalue weighted by Gasteiger charge is -2.26. The van der Waals surface area contributed by atoms with Crippen LogP contribution in [0, 0.1) is 6.92 Å². The molecule has 4 nitrogen and oxygen atoms in total. The molecular weight excluding hydrogens is 312 g/mol. The summed E-state index contributed by atoms with van der Waals surface area (Å²) in [6, 6.07) is 11.9. The zero-order valence-electron chi connectivity index (χ0n) is 12.6. The number of nitrogens with one attached hydrogen (secondary N) is 1. The second-order valence-electron chi connectivity index (χ2n) is 5.78. The summed E-state index contributed by atoms with van der Waals surface area (Å²) in [6.45, 7) is 2.32. The van der Waals surface area contributed by atoms with E-state index in [1.165, 1.54) is 0 Å². The van der Waals surface area contributed by atoms with E-state index in [9.17, 15) is 4.79 Å². The average Bonchev–Trinajstić information content (AvgIpc) is 2.54. The summed E-state index contributed by atoms with van der Waals surface area (Å²) in [5.41, 5.74) is 3.35. The largest absolute Gasteiger partial charge is 0.368 e. The molecule has 1 aliphatic rings. The molecule has 0 amide bonds. The summed E-state index contributed by atoms with van der Waals surface area (Å²) >= 11 is 6.41. The molecule has 2 aromatic carbocycles. The van der Waals surface area contributed by atoms with Crippen molar-refractivity contribution in [1.82, 2.24) is 9.97 Å². The van der Waals surface area contributed by atoms with Gasteiger partial charge in [-0.1, -0.05) is 41.9 Å². The Morgan fingerprint density at radius 2 is 2.04 bits per heavy atom. The molecule has 1 N–H and O–H groups in total. The predicted octanol–water partition coefficient (Wildman–Crippen LogP) is 3.70. The first-order valence-electron chi connectivity index (χ1n) is 7.51. The highest BCUT2D eigenvalue weighted by atomic mass is 35.5. The standard InChI is InChI=1S/C18H15ClN2O2/c1-10-13-9-23-16(8-15(13)21-18(22)20-10)12-6-2-4-11-5-3-7-14(19)17(11)12/h2-7,16H,8-9H2,1H3,(H,20,21,22). The number of aryl methyl sites for hydroxylation is 1. The lowest BCUT2D eigenvalue weighted by molar-refractivity contribution is 0.0261. The summed E-state index contributed by atoms with van der Waals surface area (Å²) in [5.74, 6) is 0. The Hall–Kier alpha value is -2.17. The minimum atomic E-state index is -0.308. The molecule has 0 saturated heterocycles. The topological polar surface area (TPSA) is 55.0 Å². The van der Waals surface area contributed by atoms with Crippen LogP contribution >= 0.6 is 11.6 Å². The number of rotatable bonds is 1. The first-order valence-corrected chi connectivity index (χ1v) is 7.88. The van der Waals surface area contributed by atoms with Crippen LogP contribution in [0.2, 0.25) is 5.02 Å². The molecule has 23 heavy (non-hydrogen) atoms. The third-order valence-electron chi connectivity index (χ3n) is 4.37. The monoisotopic (exact) mass is 326 g/mol. The second kappa shape index (κ2) is 5.48. The zero-order valence-corrected chi connectivity index (χ0v) is 13.4. The predicted molar refractivity (Wildman–Crippen MR) is 89.8 cm³/mol. The number of aromatic amines is 1. The molecule has 0 bridgehead atoms. The van der Waals surface area contributed by atoms with Crippen molar-refractivity contribution < 1.29 is 4.74 Å². The Labute approximate surface area is 138 Å². The minimum absolute atomic E-state index is 0.153. The number of H-pyrrole nitrogens is 1. The number of hydrogen-bond donors (Lipinski definition) is 1. The molecule has 0 spiro atoms. The van der Waals surface area contributed by atoms with E-state index in [1.54, 1.807) is 0 Å². The summed E-state index contributed by atoms with van der Waals surface area (Å²) in [4.78, 5) is 18.5. The van der Waals surface area contributed by atoms with Crippen molar-refractivity contribution in [2.75, 3.05) is 0 Å². The van der Waals surface area contributed by atoms with Crippen LogP contribution in [-0.2, 0) is 17.8 Å². The molecule has 4 rings (SSSR count). The van der Waals surface area contributed by atoms with Crippen LogP contribution in [0.1, 0.15) is 28.6 Å². The minimum Gasteiger partial charge on any atom is -0.368 e. The lowest BCUT2D eigenvalue weighted by Crippen LogP contribution is -2.24. The van der Waals surface area contributed by atoms with E-state index in [-0.39, 0.29) is 11.8 Å². The fourth-order valence-electron chi connectivity index (χ4n) is 3.24. The summed E-state index contributed by atoms with van der Waals surface area (Å²) in [7, 11) is 0. The van der Waals surface area contributed by atoms with Crippen molar-refractivity contribution in [3.63, 3.8) is 0 Å². The van der Waals surface area contributed by atoms with Crippen molar-refractivity contribution in [2.45, 2.75) is 26.1 Å². The van der Waals surface area contributed by atoms with Crippen LogP contribution in [0.15, 0.2) is 41.2 Å². The fourth-order valence-corrected chi connectivity index (χ4v) is 3.53. The smallest absolute Gasteiger partial charge is 0.345 e. The van der Waals surface area contributed by atoms with Crippen molar-refractivity contribution in [2.24, 2.45) is 0 Å². The van der Waals surface area contributed by atoms with Crippen LogP contribution in [-0.4, -0.2) is 9.97 Å². The third kappa shape index (κ3) is 2.44. The lowest BCUT2D eigenvalue weighted by atomic mass is 9.94. The van der Waals surface area contributed by atoms with Gasteiger partial charge >= 0.3 is 5.69 Å². The van der Waals surface area contributed by atoms with E-state index < -0.39 is 0 Å². The van der Waals surface area contributed by atoms with Gasteiger partial charge in [-0.3, -0.25) is 0 Å². The van der Waals surface area contributed by atoms with Gasteiger partial charge in [0.05, 0.1) is 18.4 Å². The van der Waals surface area contributed by atoms with E-state index in [4.69, 9.17) is 16.3 Å². The molecule has 0 fully saturated rings. The van der Waals surface area contributed by atoms with Crippen LogP contribution in [0.25, 0.3) is 10.8 Å². The maximum Gasteiger partial charge on any atom is 0.345 e. The average molecular weight is 327 g/mol. The maximum atomic E-state index is 11.6. The molecule has 116 valence electrons. The van der Waals surface area contributed by atoms with Crippen molar-refractivity contribution in [1.29, 1.82) is 0 Å². The van der Waals surface area contributed by atoms with Crippen molar-refractivity contribution in [3.8, 4) is 0 Å². The van der Waals surface area contributed by atoms with Crippen molar-refractivity contribution in [3.05, 3.63) is 74.4 Å². The fraction of sp³-hybridized carbons (Fsp3) is 0.222. The van der Waals surface area contributed by atoms with Gasteiger partial charge in [-0.2, -0.15) is 4.98 Å². The molecule has 1 aromatic heterocycles. The Morgan fingerprint density at radius 3 is 2.87 bits per heavy atom. The SMILES string of the molecule is Cc1[nH]c(=O)nc2c1COC(c1cccc3cccc(Cl)c13)C2. The number of benzene rings is 2. The van der Waals surface area contributed by atoms with Gasteiger partial charge in [0.2, 0.25) is 0 Å². The number of ether oxygens (including phenoxy) is 1. The number of nitrogens with zero attached hydrogens (tertiary/aromatic N) is 1. The highest BCUT2D eigenvalue weighted by Gasteiger charge is 2.25. The Morgan fingerprint density at radius 1 is 1.26 bits per heavy atom. The van der Waals surface area contributed by atoms with Gasteiger partial charge in [0, 0.05) is 28.1 Å². The van der Waals surface area contributed by atoms with Crippen LogP contribution < -0.4 is 5.69 Å². The maximum absolute atomic E-state index is 11.6. The molecule has 0 radical (unpaired) electrons. The third-order valence-corrected chi connectivity index (χ3v) is 4.69. The number of halogens is 1.